The molecule has 0 bridgehead atoms. The second kappa shape index (κ2) is 5.40. The minimum absolute atomic E-state index is 0.382. The molecule has 3 rings (SSSR count). The zero-order valence-electron chi connectivity index (χ0n) is 11.5. The molecular weight excluding hydrogens is 340 g/mol. The maximum absolute atomic E-state index is 12.8. The normalized spacial score (nSPS) is 27.5. The summed E-state index contributed by atoms with van der Waals surface area (Å²) in [5.74, 6) is 0.461. The third kappa shape index (κ3) is 2.54. The fourth-order valence-corrected chi connectivity index (χ4v) is 5.85. The van der Waals surface area contributed by atoms with Gasteiger partial charge in [-0.2, -0.15) is 4.31 Å². The van der Waals surface area contributed by atoms with Crippen LogP contribution in [0.25, 0.3) is 0 Å². The van der Waals surface area contributed by atoms with Gasteiger partial charge < -0.3 is 5.32 Å². The number of piperidine rings is 1. The summed E-state index contributed by atoms with van der Waals surface area (Å²) < 4.78 is 27.9. The van der Waals surface area contributed by atoms with Crippen LogP contribution in [-0.4, -0.2) is 38.4 Å². The predicted molar refractivity (Wildman–Crippen MR) is 82.2 cm³/mol. The van der Waals surface area contributed by atoms with E-state index in [1.807, 2.05) is 19.1 Å². The summed E-state index contributed by atoms with van der Waals surface area (Å²) in [5, 5.41) is 3.46. The summed E-state index contributed by atoms with van der Waals surface area (Å²) in [6.45, 7) is 4.21. The zero-order valence-corrected chi connectivity index (χ0v) is 13.9. The first-order valence-electron chi connectivity index (χ1n) is 6.98. The van der Waals surface area contributed by atoms with Crippen LogP contribution in [0.3, 0.4) is 0 Å². The van der Waals surface area contributed by atoms with Crippen LogP contribution in [0.5, 0.6) is 0 Å². The summed E-state index contributed by atoms with van der Waals surface area (Å²) in [4.78, 5) is 0.382. The maximum Gasteiger partial charge on any atom is 0.244 e. The van der Waals surface area contributed by atoms with Crippen LogP contribution in [-0.2, 0) is 10.0 Å². The third-order valence-corrected chi connectivity index (χ3v) is 7.17. The number of hydrogen-bond donors (Lipinski definition) is 1. The Labute approximate surface area is 128 Å². The number of sulfonamides is 1. The van der Waals surface area contributed by atoms with Crippen molar-refractivity contribution in [3.63, 3.8) is 0 Å². The van der Waals surface area contributed by atoms with Gasteiger partial charge in [-0.3, -0.25) is 0 Å². The van der Waals surface area contributed by atoms with Crippen molar-refractivity contribution in [3.05, 3.63) is 28.2 Å². The van der Waals surface area contributed by atoms with Crippen molar-refractivity contribution in [3.8, 4) is 0 Å². The molecule has 0 spiro atoms. The number of hydrogen-bond acceptors (Lipinski definition) is 3. The Morgan fingerprint density at radius 1 is 1.35 bits per heavy atom. The highest BCUT2D eigenvalue weighted by atomic mass is 79.9. The molecule has 1 aromatic carbocycles. The van der Waals surface area contributed by atoms with Crippen LogP contribution in [0.4, 0.5) is 0 Å². The monoisotopic (exact) mass is 358 g/mol. The number of nitrogens with zero attached hydrogens (tertiary/aromatic N) is 1. The van der Waals surface area contributed by atoms with Crippen molar-refractivity contribution in [1.29, 1.82) is 0 Å². The lowest BCUT2D eigenvalue weighted by molar-refractivity contribution is 0.247. The van der Waals surface area contributed by atoms with Gasteiger partial charge in [0.05, 0.1) is 4.90 Å². The van der Waals surface area contributed by atoms with E-state index in [1.54, 1.807) is 10.4 Å². The average Bonchev–Trinajstić information content (AvgIpc) is 2.85. The molecular formula is C14H19BrN2O2S. The van der Waals surface area contributed by atoms with Crippen molar-refractivity contribution in [2.24, 2.45) is 5.92 Å². The molecule has 6 heteroatoms. The topological polar surface area (TPSA) is 49.4 Å². The largest absolute Gasteiger partial charge is 0.314 e. The molecule has 4 nitrogen and oxygen atoms in total. The van der Waals surface area contributed by atoms with Gasteiger partial charge in [0, 0.05) is 23.6 Å². The Morgan fingerprint density at radius 2 is 2.15 bits per heavy atom. The van der Waals surface area contributed by atoms with E-state index >= 15 is 0 Å². The van der Waals surface area contributed by atoms with Crippen molar-refractivity contribution >= 4 is 26.0 Å². The van der Waals surface area contributed by atoms with E-state index < -0.39 is 10.0 Å². The Hall–Kier alpha value is -0.430. The van der Waals surface area contributed by atoms with Gasteiger partial charge in [0.1, 0.15) is 0 Å². The van der Waals surface area contributed by atoms with Crippen LogP contribution >= 0.6 is 15.9 Å². The first-order chi connectivity index (χ1) is 9.48. The lowest BCUT2D eigenvalue weighted by atomic mass is 9.95. The Balaban J connectivity index is 1.88. The Bertz CT molecular complexity index is 618. The van der Waals surface area contributed by atoms with Crippen molar-refractivity contribution in [2.75, 3.05) is 19.6 Å². The van der Waals surface area contributed by atoms with E-state index in [0.29, 0.717) is 34.4 Å². The number of halogens is 1. The molecule has 0 amide bonds. The highest BCUT2D eigenvalue weighted by Gasteiger charge is 2.38. The second-order valence-corrected chi connectivity index (χ2v) is 8.46. The molecule has 0 saturated carbocycles. The average molecular weight is 359 g/mol. The van der Waals surface area contributed by atoms with Gasteiger partial charge in [-0.1, -0.05) is 6.07 Å². The van der Waals surface area contributed by atoms with E-state index in [1.165, 1.54) is 0 Å². The first kappa shape index (κ1) is 14.5. The molecule has 1 aromatic rings. The van der Waals surface area contributed by atoms with Crippen LogP contribution in [0.2, 0.25) is 0 Å². The molecule has 2 fully saturated rings. The first-order valence-corrected chi connectivity index (χ1v) is 9.21. The summed E-state index contributed by atoms with van der Waals surface area (Å²) in [6, 6.07) is 5.91. The minimum Gasteiger partial charge on any atom is -0.314 e. The van der Waals surface area contributed by atoms with Crippen molar-refractivity contribution in [1.82, 2.24) is 9.62 Å². The van der Waals surface area contributed by atoms with Gasteiger partial charge in [0.25, 0.3) is 0 Å². The molecule has 0 aromatic heterocycles. The molecule has 20 heavy (non-hydrogen) atoms. The zero-order chi connectivity index (χ0) is 14.3. The quantitative estimate of drug-likeness (QED) is 0.880. The number of aryl methyl sites for hydroxylation is 1. The molecule has 2 unspecified atom stereocenters. The molecule has 2 atom stereocenters. The standard InChI is InChI=1S/C14H19BrN2O2S/c1-10-2-3-14(12(15)8-10)20(18,19)17-7-5-13-11(9-17)4-6-16-13/h2-3,8,11,13,16H,4-7,9H2,1H3. The molecule has 2 heterocycles. The number of rotatable bonds is 2. The molecule has 110 valence electrons. The Kier molecular flexibility index (Phi) is 3.92. The molecule has 1 N–H and O–H groups in total. The minimum atomic E-state index is -3.39. The van der Waals surface area contributed by atoms with E-state index in [-0.39, 0.29) is 0 Å². The second-order valence-electron chi connectivity index (χ2n) is 5.69. The number of nitrogens with one attached hydrogen (secondary N) is 1. The van der Waals surface area contributed by atoms with E-state index in [9.17, 15) is 8.42 Å². The molecule has 2 aliphatic heterocycles. The van der Waals surface area contributed by atoms with Gasteiger partial charge in [0.2, 0.25) is 10.0 Å². The van der Waals surface area contributed by atoms with Crippen LogP contribution in [0.15, 0.2) is 27.6 Å². The van der Waals surface area contributed by atoms with E-state index in [0.717, 1.165) is 24.9 Å². The fourth-order valence-electron chi connectivity index (χ4n) is 3.19. The molecule has 0 radical (unpaired) electrons. The molecule has 2 saturated heterocycles. The van der Waals surface area contributed by atoms with Gasteiger partial charge in [-0.15, -0.1) is 0 Å². The SMILES string of the molecule is Cc1ccc(S(=O)(=O)N2CCC3NCCC3C2)c(Br)c1. The molecule has 2 aliphatic rings. The molecule has 0 aliphatic carbocycles. The summed E-state index contributed by atoms with van der Waals surface area (Å²) in [5.41, 5.74) is 1.05. The van der Waals surface area contributed by atoms with Crippen LogP contribution < -0.4 is 5.32 Å². The van der Waals surface area contributed by atoms with Crippen molar-refractivity contribution in [2.45, 2.75) is 30.7 Å². The van der Waals surface area contributed by atoms with Crippen LogP contribution in [0.1, 0.15) is 18.4 Å². The van der Waals surface area contributed by atoms with Gasteiger partial charge >= 0.3 is 0 Å². The lowest BCUT2D eigenvalue weighted by Crippen LogP contribution is -2.46. The lowest BCUT2D eigenvalue weighted by Gasteiger charge is -2.34. The van der Waals surface area contributed by atoms with Crippen molar-refractivity contribution < 1.29 is 8.42 Å². The van der Waals surface area contributed by atoms with E-state index in [4.69, 9.17) is 0 Å². The fraction of sp³-hybridized carbons (Fsp3) is 0.571. The smallest absolute Gasteiger partial charge is 0.244 e. The Morgan fingerprint density at radius 3 is 2.90 bits per heavy atom. The number of benzene rings is 1. The summed E-state index contributed by atoms with van der Waals surface area (Å²) in [7, 11) is -3.39. The number of fused-ring (bicyclic) bond motifs is 1. The highest BCUT2D eigenvalue weighted by molar-refractivity contribution is 9.10. The van der Waals surface area contributed by atoms with Crippen LogP contribution in [0, 0.1) is 12.8 Å². The summed E-state index contributed by atoms with van der Waals surface area (Å²) in [6.07, 6.45) is 1.99. The van der Waals surface area contributed by atoms with Gasteiger partial charge in [-0.25, -0.2) is 8.42 Å². The summed E-state index contributed by atoms with van der Waals surface area (Å²) >= 11 is 3.39. The maximum atomic E-state index is 12.8. The van der Waals surface area contributed by atoms with E-state index in [2.05, 4.69) is 21.2 Å². The third-order valence-electron chi connectivity index (χ3n) is 4.32. The van der Waals surface area contributed by atoms with Gasteiger partial charge in [-0.05, 0) is 65.9 Å². The van der Waals surface area contributed by atoms with Gasteiger partial charge in [0.15, 0.2) is 0 Å². The highest BCUT2D eigenvalue weighted by Crippen LogP contribution is 2.31. The predicted octanol–water partition coefficient (Wildman–Crippen LogP) is 2.13.